The molecule has 1 aromatic heterocycles. The van der Waals surface area contributed by atoms with Crippen molar-refractivity contribution in [2.45, 2.75) is 58.3 Å². The number of aromatic nitrogens is 1. The van der Waals surface area contributed by atoms with E-state index < -0.39 is 18.2 Å². The normalized spacial score (nSPS) is 12.3. The van der Waals surface area contributed by atoms with Gasteiger partial charge in [0.25, 0.3) is 11.8 Å². The van der Waals surface area contributed by atoms with Crippen LogP contribution in [0, 0.1) is 6.92 Å². The van der Waals surface area contributed by atoms with Crippen molar-refractivity contribution < 1.29 is 24.2 Å². The summed E-state index contributed by atoms with van der Waals surface area (Å²) in [6, 6.07) is 21.3. The summed E-state index contributed by atoms with van der Waals surface area (Å²) in [6.07, 6.45) is -0.999. The molecule has 48 heavy (non-hydrogen) atoms. The average molecular weight is 672 g/mol. The molecule has 3 amide bonds. The first kappa shape index (κ1) is 36.3. The molecule has 11 heteroatoms. The van der Waals surface area contributed by atoms with Gasteiger partial charge in [0.05, 0.1) is 18.7 Å². The summed E-state index contributed by atoms with van der Waals surface area (Å²) in [5.41, 5.74) is 4.50. The molecule has 3 N–H and O–H groups in total. The summed E-state index contributed by atoms with van der Waals surface area (Å²) in [6.45, 7) is 7.02. The zero-order valence-electron chi connectivity index (χ0n) is 28.4. The van der Waals surface area contributed by atoms with Gasteiger partial charge >= 0.3 is 6.09 Å². The van der Waals surface area contributed by atoms with Crippen LogP contribution in [0.2, 0.25) is 0 Å². The van der Waals surface area contributed by atoms with Crippen LogP contribution in [0.3, 0.4) is 0 Å². The average Bonchev–Trinajstić information content (AvgIpc) is 3.48. The molecule has 0 bridgehead atoms. The molecule has 3 aromatic carbocycles. The highest BCUT2D eigenvalue weighted by Gasteiger charge is 2.24. The second kappa shape index (κ2) is 17.0. The van der Waals surface area contributed by atoms with Crippen molar-refractivity contribution in [3.05, 3.63) is 117 Å². The van der Waals surface area contributed by atoms with Gasteiger partial charge in [0, 0.05) is 56.4 Å². The van der Waals surface area contributed by atoms with Crippen LogP contribution in [-0.2, 0) is 19.5 Å². The van der Waals surface area contributed by atoms with Crippen molar-refractivity contribution >= 4 is 29.2 Å². The Hall–Kier alpha value is -4.58. The summed E-state index contributed by atoms with van der Waals surface area (Å²) in [5.74, 6) is 0.0644. The van der Waals surface area contributed by atoms with Gasteiger partial charge < -0.3 is 30.3 Å². The van der Waals surface area contributed by atoms with E-state index in [2.05, 4.69) is 29.5 Å². The van der Waals surface area contributed by atoms with E-state index in [0.717, 1.165) is 27.4 Å². The third-order valence-electron chi connectivity index (χ3n) is 7.75. The molecule has 0 aliphatic carbocycles. The quantitative estimate of drug-likeness (QED) is 0.164. The molecule has 0 saturated heterocycles. The predicted octanol–water partition coefficient (Wildman–Crippen LogP) is 5.40. The molecule has 10 nitrogen and oxygen atoms in total. The Kier molecular flexibility index (Phi) is 12.8. The van der Waals surface area contributed by atoms with Crippen LogP contribution < -0.4 is 15.4 Å². The van der Waals surface area contributed by atoms with E-state index in [0.29, 0.717) is 36.4 Å². The van der Waals surface area contributed by atoms with Gasteiger partial charge in [-0.05, 0) is 66.3 Å². The Morgan fingerprint density at radius 2 is 1.67 bits per heavy atom. The summed E-state index contributed by atoms with van der Waals surface area (Å²) in [7, 11) is 4.97. The Labute approximate surface area is 286 Å². The minimum absolute atomic E-state index is 0.191. The van der Waals surface area contributed by atoms with Gasteiger partial charge in [0.1, 0.15) is 10.8 Å². The number of hydrogen-bond acceptors (Lipinski definition) is 8. The molecule has 4 aromatic rings. The number of ether oxygens (including phenoxy) is 1. The van der Waals surface area contributed by atoms with Gasteiger partial charge in [-0.15, -0.1) is 11.3 Å². The van der Waals surface area contributed by atoms with Crippen LogP contribution in [0.15, 0.2) is 78.2 Å². The fraction of sp³-hybridized carbons (Fsp3) is 0.351. The molecule has 0 saturated carbocycles. The number of amides is 3. The van der Waals surface area contributed by atoms with Crippen LogP contribution in [0.1, 0.15) is 67.9 Å². The first-order chi connectivity index (χ1) is 22.9. The third kappa shape index (κ3) is 10.5. The molecule has 0 radical (unpaired) electrons. The first-order valence-corrected chi connectivity index (χ1v) is 16.8. The zero-order chi connectivity index (χ0) is 34.8. The lowest BCUT2D eigenvalue weighted by Crippen LogP contribution is -2.48. The fourth-order valence-electron chi connectivity index (χ4n) is 5.05. The second-order valence-corrected chi connectivity index (χ2v) is 13.4. The van der Waals surface area contributed by atoms with Crippen LogP contribution in [0.4, 0.5) is 4.79 Å². The smallest absolute Gasteiger partial charge is 0.410 e. The zero-order valence-corrected chi connectivity index (χ0v) is 29.2. The maximum Gasteiger partial charge on any atom is 0.414 e. The first-order valence-electron chi connectivity index (χ1n) is 15.9. The second-order valence-electron chi connectivity index (χ2n) is 12.4. The number of rotatable bonds is 14. The maximum atomic E-state index is 13.5. The van der Waals surface area contributed by atoms with Crippen LogP contribution in [0.25, 0.3) is 0 Å². The number of aryl methyl sites for hydroxylation is 1. The van der Waals surface area contributed by atoms with Crippen molar-refractivity contribution in [2.24, 2.45) is 0 Å². The van der Waals surface area contributed by atoms with Crippen LogP contribution in [-0.4, -0.2) is 77.6 Å². The van der Waals surface area contributed by atoms with Gasteiger partial charge in [0.15, 0.2) is 0 Å². The summed E-state index contributed by atoms with van der Waals surface area (Å²) < 4.78 is 5.53. The van der Waals surface area contributed by atoms with E-state index in [9.17, 15) is 19.5 Å². The van der Waals surface area contributed by atoms with Gasteiger partial charge in [-0.2, -0.15) is 0 Å². The molecular weight excluding hydrogens is 627 g/mol. The highest BCUT2D eigenvalue weighted by molar-refractivity contribution is 7.09. The Bertz CT molecular complexity index is 1690. The molecule has 254 valence electrons. The van der Waals surface area contributed by atoms with E-state index in [1.807, 2.05) is 54.8 Å². The number of aliphatic hydroxyl groups is 1. The van der Waals surface area contributed by atoms with Crippen molar-refractivity contribution in [1.29, 1.82) is 0 Å². The van der Waals surface area contributed by atoms with E-state index in [-0.39, 0.29) is 24.3 Å². The number of carbonyl (C=O) groups excluding carboxylic acids is 3. The Balaban J connectivity index is 1.44. The number of thiazole rings is 1. The number of nitrogens with zero attached hydrogens (tertiary/aromatic N) is 3. The minimum Gasteiger partial charge on any atom is -0.410 e. The number of benzene rings is 3. The topological polar surface area (TPSA) is 124 Å². The standard InChI is InChI=1S/C37H45N5O5S/c1-24(2)30-15-27(16-31(19-30)47-37(46)41(4)5)20-38-21-33(43)32(17-26-11-8-7-9-12-26)40-35(44)28-13-10-14-29(18-28)36(45)42(6)22-34-39-25(3)23-48-34/h7-16,18-19,23-24,32-33,38,43H,17,20-22H2,1-6H3,(H,40,44)/t32-,33+/m0/s1. The van der Waals surface area contributed by atoms with Crippen molar-refractivity contribution in [1.82, 2.24) is 25.4 Å². The largest absolute Gasteiger partial charge is 0.414 e. The van der Waals surface area contributed by atoms with E-state index in [1.165, 1.54) is 16.2 Å². The fourth-order valence-corrected chi connectivity index (χ4v) is 5.87. The van der Waals surface area contributed by atoms with Gasteiger partial charge in [-0.25, -0.2) is 9.78 Å². The molecule has 0 aliphatic rings. The number of hydrogen-bond donors (Lipinski definition) is 3. The van der Waals surface area contributed by atoms with E-state index in [1.54, 1.807) is 56.4 Å². The number of carbonyl (C=O) groups is 3. The van der Waals surface area contributed by atoms with Gasteiger partial charge in [-0.3, -0.25) is 9.59 Å². The Morgan fingerprint density at radius 1 is 0.938 bits per heavy atom. The van der Waals surface area contributed by atoms with Crippen molar-refractivity contribution in [3.8, 4) is 5.75 Å². The SMILES string of the molecule is Cc1csc(CN(C)C(=O)c2cccc(C(=O)N[C@@H](Cc3ccccc3)[C@H](O)CNCc3cc(OC(=O)N(C)C)cc(C(C)C)c3)c2)n1. The van der Waals surface area contributed by atoms with Gasteiger partial charge in [-0.1, -0.05) is 56.3 Å². The number of nitrogens with one attached hydrogen (secondary N) is 2. The molecular formula is C37H45N5O5S. The molecule has 0 unspecified atom stereocenters. The molecule has 0 fully saturated rings. The Morgan fingerprint density at radius 3 is 2.33 bits per heavy atom. The van der Waals surface area contributed by atoms with Crippen LogP contribution in [0.5, 0.6) is 5.75 Å². The predicted molar refractivity (Wildman–Crippen MR) is 188 cm³/mol. The lowest BCUT2D eigenvalue weighted by molar-refractivity contribution is 0.0784. The summed E-state index contributed by atoms with van der Waals surface area (Å²) in [5, 5.41) is 20.5. The van der Waals surface area contributed by atoms with Crippen molar-refractivity contribution in [3.63, 3.8) is 0 Å². The third-order valence-corrected chi connectivity index (χ3v) is 8.70. The molecule has 2 atom stereocenters. The van der Waals surface area contributed by atoms with Crippen LogP contribution >= 0.6 is 11.3 Å². The molecule has 1 heterocycles. The molecule has 4 rings (SSSR count). The van der Waals surface area contributed by atoms with E-state index in [4.69, 9.17) is 4.74 Å². The highest BCUT2D eigenvalue weighted by Crippen LogP contribution is 2.24. The van der Waals surface area contributed by atoms with E-state index >= 15 is 0 Å². The lowest BCUT2D eigenvalue weighted by Gasteiger charge is -2.25. The summed E-state index contributed by atoms with van der Waals surface area (Å²) in [4.78, 5) is 46.3. The van der Waals surface area contributed by atoms with Gasteiger partial charge in [0.2, 0.25) is 0 Å². The maximum absolute atomic E-state index is 13.5. The molecule has 0 aliphatic heterocycles. The monoisotopic (exact) mass is 671 g/mol. The number of aliphatic hydroxyl groups excluding tert-OH is 1. The van der Waals surface area contributed by atoms with Crippen molar-refractivity contribution in [2.75, 3.05) is 27.7 Å². The minimum atomic E-state index is -0.939. The lowest BCUT2D eigenvalue weighted by atomic mass is 9.99. The molecule has 0 spiro atoms. The highest BCUT2D eigenvalue weighted by atomic mass is 32.1. The summed E-state index contributed by atoms with van der Waals surface area (Å²) >= 11 is 1.50.